The number of nitrogens with zero attached hydrogens (tertiary/aromatic N) is 2. The van der Waals surface area contributed by atoms with Gasteiger partial charge in [-0.25, -0.2) is 9.97 Å². The van der Waals surface area contributed by atoms with Gasteiger partial charge in [-0.05, 0) is 30.2 Å². The summed E-state index contributed by atoms with van der Waals surface area (Å²) in [6.45, 7) is 2.90. The van der Waals surface area contributed by atoms with E-state index in [-0.39, 0.29) is 11.8 Å². The zero-order valence-electron chi connectivity index (χ0n) is 16.5. The van der Waals surface area contributed by atoms with Gasteiger partial charge in [-0.2, -0.15) is 0 Å². The minimum atomic E-state index is -0.154. The molecule has 0 fully saturated rings. The molecule has 0 bridgehead atoms. The Morgan fingerprint density at radius 2 is 1.83 bits per heavy atom. The van der Waals surface area contributed by atoms with Crippen molar-refractivity contribution in [1.82, 2.24) is 20.6 Å². The molecular formula is C23H21ClN4O2. The van der Waals surface area contributed by atoms with Gasteiger partial charge in [-0.3, -0.25) is 9.59 Å². The molecule has 2 aromatic carbocycles. The van der Waals surface area contributed by atoms with Gasteiger partial charge in [-0.15, -0.1) is 0 Å². The minimum absolute atomic E-state index is 0.0000715. The highest BCUT2D eigenvalue weighted by Crippen LogP contribution is 2.28. The van der Waals surface area contributed by atoms with Crippen LogP contribution < -0.4 is 10.6 Å². The Morgan fingerprint density at radius 3 is 2.57 bits per heavy atom. The third kappa shape index (κ3) is 4.19. The largest absolute Gasteiger partial charge is 0.356 e. The van der Waals surface area contributed by atoms with Crippen molar-refractivity contribution in [3.05, 3.63) is 81.6 Å². The van der Waals surface area contributed by atoms with E-state index in [1.54, 1.807) is 6.07 Å². The number of rotatable bonds is 6. The first-order valence-corrected chi connectivity index (χ1v) is 10.2. The van der Waals surface area contributed by atoms with Crippen LogP contribution in [-0.2, 0) is 24.2 Å². The van der Waals surface area contributed by atoms with Crippen molar-refractivity contribution in [2.75, 3.05) is 6.54 Å². The van der Waals surface area contributed by atoms with E-state index in [4.69, 9.17) is 16.6 Å². The van der Waals surface area contributed by atoms with Crippen LogP contribution >= 0.6 is 11.6 Å². The van der Waals surface area contributed by atoms with E-state index in [9.17, 15) is 9.59 Å². The molecule has 0 unspecified atom stereocenters. The number of hydrogen-bond acceptors (Lipinski definition) is 4. The highest BCUT2D eigenvalue weighted by atomic mass is 35.5. The number of aromatic nitrogens is 2. The number of benzene rings is 2. The first kappa shape index (κ1) is 20.0. The molecule has 30 heavy (non-hydrogen) atoms. The van der Waals surface area contributed by atoms with Gasteiger partial charge in [0.05, 0.1) is 34.9 Å². The first-order valence-electron chi connectivity index (χ1n) is 9.82. The first-order chi connectivity index (χ1) is 14.5. The van der Waals surface area contributed by atoms with Crippen LogP contribution in [0.3, 0.4) is 0 Å². The molecule has 1 aliphatic heterocycles. The van der Waals surface area contributed by atoms with Crippen LogP contribution in [0.4, 0.5) is 0 Å². The fourth-order valence-electron chi connectivity index (χ4n) is 3.51. The van der Waals surface area contributed by atoms with E-state index >= 15 is 0 Å². The highest BCUT2D eigenvalue weighted by Gasteiger charge is 2.27. The molecule has 0 spiro atoms. The lowest BCUT2D eigenvalue weighted by Crippen LogP contribution is -2.24. The van der Waals surface area contributed by atoms with Crippen LogP contribution in [0, 0.1) is 0 Å². The maximum absolute atomic E-state index is 12.4. The second kappa shape index (κ2) is 8.63. The van der Waals surface area contributed by atoms with Gasteiger partial charge in [0.1, 0.15) is 0 Å². The molecule has 0 atom stereocenters. The van der Waals surface area contributed by atoms with Crippen LogP contribution in [0.15, 0.2) is 48.5 Å². The Kier molecular flexibility index (Phi) is 5.77. The summed E-state index contributed by atoms with van der Waals surface area (Å²) in [6.07, 6.45) is 0.827. The summed E-state index contributed by atoms with van der Waals surface area (Å²) < 4.78 is 0. The zero-order valence-corrected chi connectivity index (χ0v) is 17.3. The Bertz CT molecular complexity index is 1110. The molecule has 1 aromatic heterocycles. The van der Waals surface area contributed by atoms with Gasteiger partial charge >= 0.3 is 0 Å². The monoisotopic (exact) mass is 420 g/mol. The minimum Gasteiger partial charge on any atom is -0.356 e. The average Bonchev–Trinajstić information content (AvgIpc) is 3.11. The molecule has 1 aliphatic rings. The quantitative estimate of drug-likeness (QED) is 0.640. The summed E-state index contributed by atoms with van der Waals surface area (Å²) in [4.78, 5) is 33.4. The normalized spacial score (nSPS) is 12.4. The SMILES string of the molecule is CCNC(=O)Cc1ccc(Cc2nc(-c3ccccc3Cl)nc3c2C(=O)NC3)cc1. The van der Waals surface area contributed by atoms with Gasteiger partial charge in [-0.1, -0.05) is 48.0 Å². The lowest BCUT2D eigenvalue weighted by molar-refractivity contribution is -0.120. The molecule has 7 heteroatoms. The molecule has 6 nitrogen and oxygen atoms in total. The second-order valence-corrected chi connectivity index (χ2v) is 7.51. The smallest absolute Gasteiger partial charge is 0.255 e. The van der Waals surface area contributed by atoms with Gasteiger partial charge < -0.3 is 10.6 Å². The van der Waals surface area contributed by atoms with E-state index in [0.717, 1.165) is 16.7 Å². The molecule has 152 valence electrons. The van der Waals surface area contributed by atoms with Crippen molar-refractivity contribution in [3.63, 3.8) is 0 Å². The fourth-order valence-corrected chi connectivity index (χ4v) is 3.73. The maximum Gasteiger partial charge on any atom is 0.255 e. The molecule has 0 aliphatic carbocycles. The lowest BCUT2D eigenvalue weighted by Gasteiger charge is -2.10. The van der Waals surface area contributed by atoms with E-state index in [1.807, 2.05) is 49.4 Å². The molecule has 4 rings (SSSR count). The standard InChI is InChI=1S/C23H21ClN4O2/c1-2-25-20(29)12-15-9-7-14(8-10-15)11-18-21-19(13-26-23(21)30)28-22(27-18)16-5-3-4-6-17(16)24/h3-10H,2,11-13H2,1H3,(H,25,29)(H,26,30). The topological polar surface area (TPSA) is 84.0 Å². The number of halogens is 1. The molecule has 2 amide bonds. The number of likely N-dealkylation sites (N-methyl/N-ethyl adjacent to an activating group) is 1. The van der Waals surface area contributed by atoms with E-state index in [0.29, 0.717) is 53.7 Å². The third-order valence-electron chi connectivity index (χ3n) is 4.95. The number of hydrogen-bond donors (Lipinski definition) is 2. The van der Waals surface area contributed by atoms with Crippen molar-refractivity contribution < 1.29 is 9.59 Å². The maximum atomic E-state index is 12.4. The fraction of sp³-hybridized carbons (Fsp3) is 0.217. The predicted octanol–water partition coefficient (Wildman–Crippen LogP) is 3.31. The summed E-state index contributed by atoms with van der Waals surface area (Å²) in [5.41, 5.74) is 4.57. The summed E-state index contributed by atoms with van der Waals surface area (Å²) in [6, 6.07) is 15.2. The van der Waals surface area contributed by atoms with Crippen molar-refractivity contribution >= 4 is 23.4 Å². The van der Waals surface area contributed by atoms with Crippen LogP contribution in [0.25, 0.3) is 11.4 Å². The third-order valence-corrected chi connectivity index (χ3v) is 5.28. The van der Waals surface area contributed by atoms with Crippen molar-refractivity contribution in [2.45, 2.75) is 26.3 Å². The Balaban J connectivity index is 1.65. The van der Waals surface area contributed by atoms with Crippen molar-refractivity contribution in [1.29, 1.82) is 0 Å². The van der Waals surface area contributed by atoms with Crippen LogP contribution in [-0.4, -0.2) is 28.3 Å². The second-order valence-electron chi connectivity index (χ2n) is 7.10. The summed E-state index contributed by atoms with van der Waals surface area (Å²) >= 11 is 6.34. The number of carbonyl (C=O) groups excluding carboxylic acids is 2. The number of carbonyl (C=O) groups is 2. The zero-order chi connectivity index (χ0) is 21.1. The van der Waals surface area contributed by atoms with Crippen molar-refractivity contribution in [2.24, 2.45) is 0 Å². The highest BCUT2D eigenvalue weighted by molar-refractivity contribution is 6.33. The molecule has 2 N–H and O–H groups in total. The lowest BCUT2D eigenvalue weighted by atomic mass is 10.0. The Hall–Kier alpha value is -3.25. The molecule has 2 heterocycles. The summed E-state index contributed by atoms with van der Waals surface area (Å²) in [5, 5.41) is 6.19. The van der Waals surface area contributed by atoms with Crippen LogP contribution in [0.5, 0.6) is 0 Å². The summed E-state index contributed by atoms with van der Waals surface area (Å²) in [7, 11) is 0. The van der Waals surface area contributed by atoms with Gasteiger partial charge in [0.2, 0.25) is 5.91 Å². The van der Waals surface area contributed by atoms with Gasteiger partial charge in [0, 0.05) is 18.5 Å². The predicted molar refractivity (Wildman–Crippen MR) is 115 cm³/mol. The summed E-state index contributed by atoms with van der Waals surface area (Å²) in [5.74, 6) is 0.359. The molecular weight excluding hydrogens is 400 g/mol. The van der Waals surface area contributed by atoms with E-state index in [2.05, 4.69) is 15.6 Å². The van der Waals surface area contributed by atoms with E-state index in [1.165, 1.54) is 0 Å². The molecule has 3 aromatic rings. The van der Waals surface area contributed by atoms with Gasteiger partial charge in [0.25, 0.3) is 5.91 Å². The Labute approximate surface area is 179 Å². The van der Waals surface area contributed by atoms with Crippen molar-refractivity contribution in [3.8, 4) is 11.4 Å². The number of amides is 2. The van der Waals surface area contributed by atoms with Crippen LogP contribution in [0.1, 0.15) is 39.8 Å². The van der Waals surface area contributed by atoms with Gasteiger partial charge in [0.15, 0.2) is 5.82 Å². The molecule has 0 radical (unpaired) electrons. The molecule has 0 saturated heterocycles. The van der Waals surface area contributed by atoms with Crippen LogP contribution in [0.2, 0.25) is 5.02 Å². The average molecular weight is 421 g/mol. The number of nitrogens with one attached hydrogen (secondary N) is 2. The Morgan fingerprint density at radius 1 is 1.10 bits per heavy atom. The van der Waals surface area contributed by atoms with E-state index < -0.39 is 0 Å². The number of fused-ring (bicyclic) bond motifs is 1. The molecule has 0 saturated carbocycles.